The maximum atomic E-state index is 13.2. The minimum atomic E-state index is -0.317. The summed E-state index contributed by atoms with van der Waals surface area (Å²) in [6.45, 7) is 4.70. The molecule has 4 nitrogen and oxygen atoms in total. The molecule has 0 spiro atoms. The summed E-state index contributed by atoms with van der Waals surface area (Å²) in [6, 6.07) is 4.49. The van der Waals surface area contributed by atoms with Crippen molar-refractivity contribution in [1.29, 1.82) is 0 Å². The van der Waals surface area contributed by atoms with Crippen molar-refractivity contribution >= 4 is 16.8 Å². The monoisotopic (exact) mass is 290 g/mol. The van der Waals surface area contributed by atoms with Gasteiger partial charge in [-0.15, -0.1) is 0 Å². The largest absolute Gasteiger partial charge is 0.375 e. The highest BCUT2D eigenvalue weighted by atomic mass is 19.1. The fraction of sp³-hybridized carbons (Fsp3) is 0.438. The number of rotatable bonds is 2. The van der Waals surface area contributed by atoms with Gasteiger partial charge in [-0.25, -0.2) is 4.39 Å². The molecule has 1 aliphatic rings. The van der Waals surface area contributed by atoms with Crippen LogP contribution in [0.2, 0.25) is 0 Å². The highest BCUT2D eigenvalue weighted by molar-refractivity contribution is 6.06. The number of fused-ring (bicyclic) bond motifs is 1. The van der Waals surface area contributed by atoms with Gasteiger partial charge in [0, 0.05) is 29.7 Å². The number of ether oxygens (including phenoxy) is 1. The first-order chi connectivity index (χ1) is 9.94. The van der Waals surface area contributed by atoms with Gasteiger partial charge in [0.05, 0.1) is 11.2 Å². The number of carbonyl (C=O) groups excluding carboxylic acids is 1. The van der Waals surface area contributed by atoms with Crippen LogP contribution in [0.4, 0.5) is 4.39 Å². The van der Waals surface area contributed by atoms with E-state index in [1.807, 2.05) is 13.8 Å². The van der Waals surface area contributed by atoms with Crippen LogP contribution in [0.1, 0.15) is 37.0 Å². The number of halogens is 1. The molecule has 1 aromatic carbocycles. The Morgan fingerprint density at radius 2 is 2.29 bits per heavy atom. The van der Waals surface area contributed by atoms with Crippen LogP contribution in [-0.4, -0.2) is 29.1 Å². The lowest BCUT2D eigenvalue weighted by Gasteiger charge is -2.35. The zero-order chi connectivity index (χ0) is 15.0. The zero-order valence-electron chi connectivity index (χ0n) is 12.2. The SMILES string of the molecule is CC1(C)C[C@H](NC(=O)c2c[nH]c3cc(F)ccc23)CCO1. The van der Waals surface area contributed by atoms with Crippen LogP contribution in [0.25, 0.3) is 10.9 Å². The Morgan fingerprint density at radius 1 is 1.48 bits per heavy atom. The molecule has 1 fully saturated rings. The third-order valence-corrected chi connectivity index (χ3v) is 3.92. The van der Waals surface area contributed by atoms with Crippen molar-refractivity contribution in [2.75, 3.05) is 6.61 Å². The van der Waals surface area contributed by atoms with Crippen LogP contribution in [0.5, 0.6) is 0 Å². The van der Waals surface area contributed by atoms with Crippen LogP contribution in [0.15, 0.2) is 24.4 Å². The van der Waals surface area contributed by atoms with Crippen molar-refractivity contribution in [3.8, 4) is 0 Å². The number of aromatic amines is 1. The molecule has 2 aromatic rings. The molecule has 112 valence electrons. The quantitative estimate of drug-likeness (QED) is 0.893. The lowest BCUT2D eigenvalue weighted by atomic mass is 9.94. The molecule has 0 radical (unpaired) electrons. The predicted octanol–water partition coefficient (Wildman–Crippen LogP) is 2.99. The van der Waals surface area contributed by atoms with E-state index in [4.69, 9.17) is 4.74 Å². The first kappa shape index (κ1) is 14.1. The van der Waals surface area contributed by atoms with Gasteiger partial charge in [0.1, 0.15) is 5.82 Å². The van der Waals surface area contributed by atoms with Crippen LogP contribution < -0.4 is 5.32 Å². The molecule has 0 bridgehead atoms. The van der Waals surface area contributed by atoms with Gasteiger partial charge in [0.2, 0.25) is 0 Å². The Bertz CT molecular complexity index is 678. The molecule has 2 heterocycles. The minimum Gasteiger partial charge on any atom is -0.375 e. The Morgan fingerprint density at radius 3 is 3.05 bits per heavy atom. The van der Waals surface area contributed by atoms with Crippen molar-refractivity contribution in [3.63, 3.8) is 0 Å². The van der Waals surface area contributed by atoms with E-state index in [2.05, 4.69) is 10.3 Å². The summed E-state index contributed by atoms with van der Waals surface area (Å²) >= 11 is 0. The van der Waals surface area contributed by atoms with E-state index in [0.717, 1.165) is 18.2 Å². The Labute approximate surface area is 122 Å². The van der Waals surface area contributed by atoms with Crippen LogP contribution in [0.3, 0.4) is 0 Å². The van der Waals surface area contributed by atoms with Crippen molar-refractivity contribution in [2.24, 2.45) is 0 Å². The molecule has 1 aromatic heterocycles. The van der Waals surface area contributed by atoms with Crippen molar-refractivity contribution in [1.82, 2.24) is 10.3 Å². The van der Waals surface area contributed by atoms with E-state index in [9.17, 15) is 9.18 Å². The highest BCUT2D eigenvalue weighted by Crippen LogP contribution is 2.25. The summed E-state index contributed by atoms with van der Waals surface area (Å²) in [4.78, 5) is 15.4. The Hall–Kier alpha value is -1.88. The molecule has 3 rings (SSSR count). The molecule has 0 saturated carbocycles. The van der Waals surface area contributed by atoms with Gasteiger partial charge in [-0.2, -0.15) is 0 Å². The van der Waals surface area contributed by atoms with Gasteiger partial charge in [0.15, 0.2) is 0 Å². The summed E-state index contributed by atoms with van der Waals surface area (Å²) in [5, 5.41) is 3.79. The van der Waals surface area contributed by atoms with Crippen LogP contribution >= 0.6 is 0 Å². The van der Waals surface area contributed by atoms with Gasteiger partial charge in [-0.05, 0) is 44.9 Å². The summed E-state index contributed by atoms with van der Waals surface area (Å²) in [6.07, 6.45) is 3.23. The van der Waals surface area contributed by atoms with E-state index in [1.54, 1.807) is 12.3 Å². The molecule has 1 atom stereocenters. The number of aromatic nitrogens is 1. The second-order valence-electron chi connectivity index (χ2n) is 6.16. The topological polar surface area (TPSA) is 54.1 Å². The number of amides is 1. The number of H-pyrrole nitrogens is 1. The first-order valence-electron chi connectivity index (χ1n) is 7.16. The van der Waals surface area contributed by atoms with E-state index in [0.29, 0.717) is 17.7 Å². The molecule has 1 amide bonds. The maximum absolute atomic E-state index is 13.2. The summed E-state index contributed by atoms with van der Waals surface area (Å²) in [7, 11) is 0. The predicted molar refractivity (Wildman–Crippen MR) is 78.8 cm³/mol. The van der Waals surface area contributed by atoms with E-state index >= 15 is 0 Å². The number of hydrogen-bond donors (Lipinski definition) is 2. The van der Waals surface area contributed by atoms with Crippen molar-refractivity contribution in [3.05, 3.63) is 35.8 Å². The second-order valence-corrected chi connectivity index (χ2v) is 6.16. The average molecular weight is 290 g/mol. The average Bonchev–Trinajstić information content (AvgIpc) is 2.80. The first-order valence-corrected chi connectivity index (χ1v) is 7.16. The van der Waals surface area contributed by atoms with Gasteiger partial charge in [-0.3, -0.25) is 4.79 Å². The highest BCUT2D eigenvalue weighted by Gasteiger charge is 2.30. The Kier molecular flexibility index (Phi) is 3.45. The normalized spacial score (nSPS) is 21.4. The van der Waals surface area contributed by atoms with E-state index in [-0.39, 0.29) is 23.4 Å². The molecule has 0 aliphatic carbocycles. The molecule has 21 heavy (non-hydrogen) atoms. The molecule has 1 aliphatic heterocycles. The zero-order valence-corrected chi connectivity index (χ0v) is 12.2. The number of benzene rings is 1. The van der Waals surface area contributed by atoms with Gasteiger partial charge in [0.25, 0.3) is 5.91 Å². The second kappa shape index (κ2) is 5.15. The van der Waals surface area contributed by atoms with Crippen LogP contribution in [0, 0.1) is 5.82 Å². The smallest absolute Gasteiger partial charge is 0.253 e. The van der Waals surface area contributed by atoms with Gasteiger partial charge < -0.3 is 15.0 Å². The number of nitrogens with one attached hydrogen (secondary N) is 2. The third-order valence-electron chi connectivity index (χ3n) is 3.92. The number of carbonyl (C=O) groups is 1. The molecular formula is C16H19FN2O2. The fourth-order valence-electron chi connectivity index (χ4n) is 2.90. The number of hydrogen-bond acceptors (Lipinski definition) is 2. The van der Waals surface area contributed by atoms with Crippen molar-refractivity contribution < 1.29 is 13.9 Å². The molecule has 1 saturated heterocycles. The van der Waals surface area contributed by atoms with E-state index in [1.165, 1.54) is 12.1 Å². The van der Waals surface area contributed by atoms with E-state index < -0.39 is 0 Å². The lowest BCUT2D eigenvalue weighted by molar-refractivity contribution is -0.0615. The summed E-state index contributed by atoms with van der Waals surface area (Å²) < 4.78 is 18.8. The molecule has 2 N–H and O–H groups in total. The lowest BCUT2D eigenvalue weighted by Crippen LogP contribution is -2.45. The Balaban J connectivity index is 1.78. The molecule has 5 heteroatoms. The third kappa shape index (κ3) is 2.93. The van der Waals surface area contributed by atoms with Gasteiger partial charge in [-0.1, -0.05) is 0 Å². The summed E-state index contributed by atoms with van der Waals surface area (Å²) in [5.41, 5.74) is 0.973. The van der Waals surface area contributed by atoms with Crippen molar-refractivity contribution in [2.45, 2.75) is 38.3 Å². The molecular weight excluding hydrogens is 271 g/mol. The fourth-order valence-corrected chi connectivity index (χ4v) is 2.90. The van der Waals surface area contributed by atoms with Crippen LogP contribution in [-0.2, 0) is 4.74 Å². The maximum Gasteiger partial charge on any atom is 0.253 e. The molecule has 0 unspecified atom stereocenters. The van der Waals surface area contributed by atoms with Gasteiger partial charge >= 0.3 is 0 Å². The standard InChI is InChI=1S/C16H19FN2O2/c1-16(2)8-11(5-6-21-16)19-15(20)13-9-18-14-7-10(17)3-4-12(13)14/h3-4,7,9,11,18H,5-6,8H2,1-2H3,(H,19,20)/t11-/m1/s1. The summed E-state index contributed by atoms with van der Waals surface area (Å²) in [5.74, 6) is -0.446. The minimum absolute atomic E-state index is 0.103.